The first kappa shape index (κ1) is 15.8. The molecule has 0 aliphatic heterocycles. The summed E-state index contributed by atoms with van der Waals surface area (Å²) in [7, 11) is -3.36. The molecule has 1 aromatic rings. The number of benzene rings is 1. The summed E-state index contributed by atoms with van der Waals surface area (Å²) >= 11 is 0. The lowest BCUT2D eigenvalue weighted by Gasteiger charge is -2.25. The first-order valence-electron chi connectivity index (χ1n) is 5.45. The average molecular weight is 296 g/mol. The predicted molar refractivity (Wildman–Crippen MR) is 66.9 cm³/mol. The van der Waals surface area contributed by atoms with Gasteiger partial charge in [0.1, 0.15) is 6.54 Å². The van der Waals surface area contributed by atoms with Crippen molar-refractivity contribution < 1.29 is 21.6 Å². The molecule has 0 amide bonds. The van der Waals surface area contributed by atoms with Gasteiger partial charge in [-0.3, -0.25) is 0 Å². The van der Waals surface area contributed by atoms with Gasteiger partial charge in [-0.1, -0.05) is 0 Å². The molecule has 108 valence electrons. The van der Waals surface area contributed by atoms with E-state index in [0.29, 0.717) is 0 Å². The Kier molecular flexibility index (Phi) is 4.81. The molecule has 1 aromatic carbocycles. The van der Waals surface area contributed by atoms with Crippen molar-refractivity contribution in [2.75, 3.05) is 30.8 Å². The Bertz CT molecular complexity index is 512. The Labute approximate surface area is 109 Å². The highest BCUT2D eigenvalue weighted by atomic mass is 32.2. The zero-order valence-corrected chi connectivity index (χ0v) is 11.1. The van der Waals surface area contributed by atoms with Crippen LogP contribution in [-0.2, 0) is 9.84 Å². The smallest absolute Gasteiger partial charge is 0.361 e. The number of hydrogen-bond donors (Lipinski definition) is 1. The van der Waals surface area contributed by atoms with Crippen LogP contribution in [0.25, 0.3) is 0 Å². The van der Waals surface area contributed by atoms with Gasteiger partial charge in [-0.25, -0.2) is 8.42 Å². The molecule has 0 fully saturated rings. The fraction of sp³-hybridized carbons (Fsp3) is 0.455. The summed E-state index contributed by atoms with van der Waals surface area (Å²) in [6, 6.07) is 5.25. The summed E-state index contributed by atoms with van der Waals surface area (Å²) in [4.78, 5) is 1.13. The molecule has 0 saturated carbocycles. The number of anilines is 1. The molecule has 8 heteroatoms. The predicted octanol–water partition coefficient (Wildman–Crippen LogP) is 1.42. The van der Waals surface area contributed by atoms with Crippen molar-refractivity contribution in [3.05, 3.63) is 24.3 Å². The molecule has 0 radical (unpaired) electrons. The standard InChI is InChI=1S/C11H15F3N2O2S/c1-19(17,18)10-4-2-9(3-5-10)16(7-6-15)8-11(12,13)14/h2-5H,6-8,15H2,1H3. The lowest BCUT2D eigenvalue weighted by Crippen LogP contribution is -2.37. The molecule has 0 bridgehead atoms. The van der Waals surface area contributed by atoms with Gasteiger partial charge in [-0.15, -0.1) is 0 Å². The van der Waals surface area contributed by atoms with Gasteiger partial charge in [0.25, 0.3) is 0 Å². The molecular formula is C11H15F3N2O2S. The van der Waals surface area contributed by atoms with E-state index in [0.717, 1.165) is 11.2 Å². The highest BCUT2D eigenvalue weighted by molar-refractivity contribution is 7.90. The minimum Gasteiger partial charge on any atom is -0.361 e. The lowest BCUT2D eigenvalue weighted by atomic mass is 10.3. The van der Waals surface area contributed by atoms with Crippen LogP contribution in [0.2, 0.25) is 0 Å². The normalized spacial score (nSPS) is 12.5. The molecule has 0 heterocycles. The van der Waals surface area contributed by atoms with Crippen LogP contribution in [-0.4, -0.2) is 40.5 Å². The van der Waals surface area contributed by atoms with E-state index >= 15 is 0 Å². The fourth-order valence-corrected chi connectivity index (χ4v) is 2.21. The number of alkyl halides is 3. The lowest BCUT2D eigenvalue weighted by molar-refractivity contribution is -0.119. The number of rotatable bonds is 5. The maximum atomic E-state index is 12.4. The monoisotopic (exact) mass is 296 g/mol. The largest absolute Gasteiger partial charge is 0.405 e. The molecule has 4 nitrogen and oxygen atoms in total. The van der Waals surface area contributed by atoms with Crippen LogP contribution in [0.3, 0.4) is 0 Å². The average Bonchev–Trinajstić information content (AvgIpc) is 2.26. The summed E-state index contributed by atoms with van der Waals surface area (Å²) in [6.07, 6.45) is -3.31. The highest BCUT2D eigenvalue weighted by Crippen LogP contribution is 2.23. The van der Waals surface area contributed by atoms with E-state index in [2.05, 4.69) is 0 Å². The van der Waals surface area contributed by atoms with Crippen molar-refractivity contribution >= 4 is 15.5 Å². The summed E-state index contributed by atoms with van der Waals surface area (Å²) in [5, 5.41) is 0. The number of nitrogens with two attached hydrogens (primary N) is 1. The number of nitrogens with zero attached hydrogens (tertiary/aromatic N) is 1. The van der Waals surface area contributed by atoms with Crippen LogP contribution >= 0.6 is 0 Å². The zero-order valence-electron chi connectivity index (χ0n) is 10.3. The molecule has 0 aromatic heterocycles. The van der Waals surface area contributed by atoms with Crippen molar-refractivity contribution in [2.24, 2.45) is 5.73 Å². The Morgan fingerprint density at radius 3 is 2.11 bits per heavy atom. The molecule has 0 unspecified atom stereocenters. The molecule has 2 N–H and O–H groups in total. The van der Waals surface area contributed by atoms with Gasteiger partial charge in [-0.2, -0.15) is 13.2 Å². The molecule has 19 heavy (non-hydrogen) atoms. The molecule has 0 aliphatic carbocycles. The second-order valence-corrected chi connectivity index (χ2v) is 6.11. The molecule has 0 saturated heterocycles. The third-order valence-electron chi connectivity index (χ3n) is 2.40. The van der Waals surface area contributed by atoms with Gasteiger partial charge in [0.05, 0.1) is 4.90 Å². The van der Waals surface area contributed by atoms with Crippen LogP contribution < -0.4 is 10.6 Å². The Morgan fingerprint density at radius 1 is 1.21 bits per heavy atom. The fourth-order valence-electron chi connectivity index (χ4n) is 1.58. The van der Waals surface area contributed by atoms with Gasteiger partial charge in [0, 0.05) is 25.0 Å². The summed E-state index contributed by atoms with van der Waals surface area (Å²) < 4.78 is 59.7. The SMILES string of the molecule is CS(=O)(=O)c1ccc(N(CCN)CC(F)(F)F)cc1. The molecule has 0 atom stereocenters. The number of sulfone groups is 1. The first-order chi connectivity index (χ1) is 8.63. The number of halogens is 3. The van der Waals surface area contributed by atoms with Crippen LogP contribution in [0.5, 0.6) is 0 Å². The van der Waals surface area contributed by atoms with Gasteiger partial charge >= 0.3 is 6.18 Å². The third kappa shape index (κ3) is 5.07. The second kappa shape index (κ2) is 5.79. The van der Waals surface area contributed by atoms with E-state index < -0.39 is 22.6 Å². The van der Waals surface area contributed by atoms with E-state index in [4.69, 9.17) is 5.73 Å². The first-order valence-corrected chi connectivity index (χ1v) is 7.34. The van der Waals surface area contributed by atoms with Crippen molar-refractivity contribution in [1.82, 2.24) is 0 Å². The van der Waals surface area contributed by atoms with E-state index in [-0.39, 0.29) is 23.7 Å². The van der Waals surface area contributed by atoms with E-state index in [1.54, 1.807) is 0 Å². The topological polar surface area (TPSA) is 63.4 Å². The van der Waals surface area contributed by atoms with Crippen molar-refractivity contribution in [3.63, 3.8) is 0 Å². The van der Waals surface area contributed by atoms with E-state index in [9.17, 15) is 21.6 Å². The quantitative estimate of drug-likeness (QED) is 0.892. The summed E-state index contributed by atoms with van der Waals surface area (Å²) in [5.41, 5.74) is 5.57. The summed E-state index contributed by atoms with van der Waals surface area (Å²) in [6.45, 7) is -1.01. The molecule has 0 spiro atoms. The van der Waals surface area contributed by atoms with Gasteiger partial charge in [0.2, 0.25) is 0 Å². The van der Waals surface area contributed by atoms with Gasteiger partial charge in [0.15, 0.2) is 9.84 Å². The molecule has 0 aliphatic rings. The maximum Gasteiger partial charge on any atom is 0.405 e. The summed E-state index contributed by atoms with van der Waals surface area (Å²) in [5.74, 6) is 0. The van der Waals surface area contributed by atoms with Gasteiger partial charge in [-0.05, 0) is 24.3 Å². The highest BCUT2D eigenvalue weighted by Gasteiger charge is 2.30. The van der Waals surface area contributed by atoms with Crippen LogP contribution in [0.1, 0.15) is 0 Å². The van der Waals surface area contributed by atoms with Crippen molar-refractivity contribution in [2.45, 2.75) is 11.1 Å². The van der Waals surface area contributed by atoms with Crippen LogP contribution in [0.15, 0.2) is 29.2 Å². The number of hydrogen-bond acceptors (Lipinski definition) is 4. The van der Waals surface area contributed by atoms with Gasteiger partial charge < -0.3 is 10.6 Å². The van der Waals surface area contributed by atoms with E-state index in [1.807, 2.05) is 0 Å². The Hall–Kier alpha value is -1.28. The van der Waals surface area contributed by atoms with Crippen molar-refractivity contribution in [1.29, 1.82) is 0 Å². The second-order valence-electron chi connectivity index (χ2n) is 4.09. The maximum absolute atomic E-state index is 12.4. The Balaban J connectivity index is 2.98. The minimum absolute atomic E-state index is 0.0394. The minimum atomic E-state index is -4.34. The molecular weight excluding hydrogens is 281 g/mol. The van der Waals surface area contributed by atoms with Crippen LogP contribution in [0.4, 0.5) is 18.9 Å². The van der Waals surface area contributed by atoms with Crippen molar-refractivity contribution in [3.8, 4) is 0 Å². The van der Waals surface area contributed by atoms with E-state index in [1.165, 1.54) is 24.3 Å². The Morgan fingerprint density at radius 2 is 1.74 bits per heavy atom. The zero-order chi connectivity index (χ0) is 14.7. The van der Waals surface area contributed by atoms with Crippen LogP contribution in [0, 0.1) is 0 Å². The third-order valence-corrected chi connectivity index (χ3v) is 3.53. The molecule has 1 rings (SSSR count).